The standard InChI is InChI=1S/C21H22N4O/c1-15-7-5-6-10-18(15)21(26)22-17-11-12-25(14-17)20-13-19(23-24-20)16-8-3-2-4-9-16/h2-10,13,17H,11-12,14H2,1H3,(H,22,26)(H,23,24). The van der Waals surface area contributed by atoms with Gasteiger partial charge in [0.1, 0.15) is 0 Å². The van der Waals surface area contributed by atoms with E-state index in [9.17, 15) is 4.79 Å². The zero-order valence-corrected chi connectivity index (χ0v) is 14.8. The Balaban J connectivity index is 1.41. The number of carbonyl (C=O) groups is 1. The molecule has 0 spiro atoms. The monoisotopic (exact) mass is 346 g/mol. The number of anilines is 1. The van der Waals surface area contributed by atoms with Gasteiger partial charge in [0.15, 0.2) is 5.82 Å². The lowest BCUT2D eigenvalue weighted by Crippen LogP contribution is -2.37. The molecule has 2 N–H and O–H groups in total. The Labute approximate surface area is 153 Å². The van der Waals surface area contributed by atoms with Gasteiger partial charge in [0, 0.05) is 30.8 Å². The van der Waals surface area contributed by atoms with Crippen LogP contribution in [0.5, 0.6) is 0 Å². The molecule has 2 heterocycles. The summed E-state index contributed by atoms with van der Waals surface area (Å²) in [5.41, 5.74) is 3.87. The molecule has 1 atom stereocenters. The first-order chi connectivity index (χ1) is 12.7. The van der Waals surface area contributed by atoms with Gasteiger partial charge in [0.25, 0.3) is 5.91 Å². The molecule has 0 saturated carbocycles. The molecule has 5 nitrogen and oxygen atoms in total. The molecule has 1 aromatic heterocycles. The van der Waals surface area contributed by atoms with Crippen LogP contribution < -0.4 is 10.2 Å². The van der Waals surface area contributed by atoms with Gasteiger partial charge < -0.3 is 10.2 Å². The van der Waals surface area contributed by atoms with Gasteiger partial charge >= 0.3 is 0 Å². The SMILES string of the molecule is Cc1ccccc1C(=O)NC1CCN(c2cc(-c3ccccc3)[nH]n2)C1. The Morgan fingerprint density at radius 1 is 1.15 bits per heavy atom. The average molecular weight is 346 g/mol. The number of rotatable bonds is 4. The molecule has 0 bridgehead atoms. The number of nitrogens with zero attached hydrogens (tertiary/aromatic N) is 2. The number of aromatic nitrogens is 2. The Hall–Kier alpha value is -3.08. The third kappa shape index (κ3) is 3.33. The van der Waals surface area contributed by atoms with Crippen LogP contribution in [0.3, 0.4) is 0 Å². The number of hydrogen-bond donors (Lipinski definition) is 2. The fourth-order valence-corrected chi connectivity index (χ4v) is 3.42. The second-order valence-electron chi connectivity index (χ2n) is 6.73. The zero-order valence-electron chi connectivity index (χ0n) is 14.8. The van der Waals surface area contributed by atoms with Crippen molar-refractivity contribution in [3.8, 4) is 11.3 Å². The summed E-state index contributed by atoms with van der Waals surface area (Å²) in [5, 5.41) is 10.7. The minimum atomic E-state index is 0.00181. The minimum absolute atomic E-state index is 0.00181. The summed E-state index contributed by atoms with van der Waals surface area (Å²) >= 11 is 0. The van der Waals surface area contributed by atoms with Crippen molar-refractivity contribution in [2.45, 2.75) is 19.4 Å². The molecule has 1 saturated heterocycles. The highest BCUT2D eigenvalue weighted by Crippen LogP contribution is 2.24. The lowest BCUT2D eigenvalue weighted by atomic mass is 10.1. The van der Waals surface area contributed by atoms with Crippen molar-refractivity contribution >= 4 is 11.7 Å². The van der Waals surface area contributed by atoms with E-state index in [1.807, 2.05) is 49.4 Å². The maximum atomic E-state index is 12.5. The van der Waals surface area contributed by atoms with Gasteiger partial charge in [0.05, 0.1) is 5.69 Å². The van der Waals surface area contributed by atoms with Gasteiger partial charge in [-0.25, -0.2) is 0 Å². The second kappa shape index (κ2) is 7.04. The smallest absolute Gasteiger partial charge is 0.251 e. The summed E-state index contributed by atoms with van der Waals surface area (Å²) in [6.45, 7) is 3.62. The molecule has 1 amide bonds. The Morgan fingerprint density at radius 3 is 2.73 bits per heavy atom. The van der Waals surface area contributed by atoms with E-state index in [2.05, 4.69) is 38.6 Å². The van der Waals surface area contributed by atoms with Crippen LogP contribution in [0.4, 0.5) is 5.82 Å². The summed E-state index contributed by atoms with van der Waals surface area (Å²) in [6, 6.07) is 20.1. The third-order valence-corrected chi connectivity index (χ3v) is 4.89. The number of nitrogens with one attached hydrogen (secondary N) is 2. The van der Waals surface area contributed by atoms with Crippen molar-refractivity contribution < 1.29 is 4.79 Å². The van der Waals surface area contributed by atoms with Crippen LogP contribution >= 0.6 is 0 Å². The highest BCUT2D eigenvalue weighted by Gasteiger charge is 2.26. The lowest BCUT2D eigenvalue weighted by Gasteiger charge is -2.16. The largest absolute Gasteiger partial charge is 0.353 e. The van der Waals surface area contributed by atoms with Crippen LogP contribution in [-0.2, 0) is 0 Å². The molecule has 4 rings (SSSR count). The first-order valence-corrected chi connectivity index (χ1v) is 8.93. The number of amides is 1. The summed E-state index contributed by atoms with van der Waals surface area (Å²) < 4.78 is 0. The Kier molecular flexibility index (Phi) is 4.44. The van der Waals surface area contributed by atoms with Gasteiger partial charge in [0.2, 0.25) is 0 Å². The van der Waals surface area contributed by atoms with E-state index >= 15 is 0 Å². The van der Waals surface area contributed by atoms with E-state index < -0.39 is 0 Å². The molecule has 2 aromatic carbocycles. The van der Waals surface area contributed by atoms with Gasteiger partial charge in [-0.3, -0.25) is 9.89 Å². The molecule has 0 aliphatic carbocycles. The van der Waals surface area contributed by atoms with Gasteiger partial charge in [-0.2, -0.15) is 5.10 Å². The quantitative estimate of drug-likeness (QED) is 0.761. The number of aromatic amines is 1. The summed E-state index contributed by atoms with van der Waals surface area (Å²) in [5.74, 6) is 0.929. The molecule has 3 aromatic rings. The van der Waals surface area contributed by atoms with E-state index in [1.54, 1.807) is 0 Å². The molecular formula is C21H22N4O. The normalized spacial score (nSPS) is 16.7. The van der Waals surface area contributed by atoms with Crippen LogP contribution in [0.1, 0.15) is 22.3 Å². The van der Waals surface area contributed by atoms with E-state index in [-0.39, 0.29) is 11.9 Å². The first kappa shape index (κ1) is 16.4. The number of hydrogen-bond acceptors (Lipinski definition) is 3. The maximum Gasteiger partial charge on any atom is 0.251 e. The summed E-state index contributed by atoms with van der Waals surface area (Å²) in [7, 11) is 0. The van der Waals surface area contributed by atoms with E-state index in [0.29, 0.717) is 0 Å². The second-order valence-corrected chi connectivity index (χ2v) is 6.73. The fourth-order valence-electron chi connectivity index (χ4n) is 3.42. The summed E-state index contributed by atoms with van der Waals surface area (Å²) in [4.78, 5) is 14.7. The van der Waals surface area contributed by atoms with Crippen molar-refractivity contribution in [2.24, 2.45) is 0 Å². The number of H-pyrrole nitrogens is 1. The van der Waals surface area contributed by atoms with Crippen molar-refractivity contribution in [3.63, 3.8) is 0 Å². The van der Waals surface area contributed by atoms with E-state index in [1.165, 1.54) is 0 Å². The predicted octanol–water partition coefficient (Wildman–Crippen LogP) is 3.39. The van der Waals surface area contributed by atoms with Crippen LogP contribution in [0.15, 0.2) is 60.7 Å². The minimum Gasteiger partial charge on any atom is -0.353 e. The van der Waals surface area contributed by atoms with E-state index in [0.717, 1.165) is 47.7 Å². The maximum absolute atomic E-state index is 12.5. The van der Waals surface area contributed by atoms with Crippen molar-refractivity contribution in [1.29, 1.82) is 0 Å². The molecular weight excluding hydrogens is 324 g/mol. The number of aryl methyl sites for hydroxylation is 1. The third-order valence-electron chi connectivity index (χ3n) is 4.89. The Morgan fingerprint density at radius 2 is 1.92 bits per heavy atom. The Bertz CT molecular complexity index is 903. The number of carbonyl (C=O) groups excluding carboxylic acids is 1. The highest BCUT2D eigenvalue weighted by atomic mass is 16.1. The predicted molar refractivity (Wildman–Crippen MR) is 103 cm³/mol. The van der Waals surface area contributed by atoms with Crippen molar-refractivity contribution in [3.05, 3.63) is 71.8 Å². The molecule has 1 fully saturated rings. The summed E-state index contributed by atoms with van der Waals surface area (Å²) in [6.07, 6.45) is 0.922. The molecule has 0 radical (unpaired) electrons. The van der Waals surface area contributed by atoms with E-state index in [4.69, 9.17) is 0 Å². The van der Waals surface area contributed by atoms with Crippen LogP contribution in [0.2, 0.25) is 0 Å². The van der Waals surface area contributed by atoms with Gasteiger partial charge in [-0.15, -0.1) is 0 Å². The molecule has 26 heavy (non-hydrogen) atoms. The van der Waals surface area contributed by atoms with Gasteiger partial charge in [-0.05, 0) is 30.5 Å². The van der Waals surface area contributed by atoms with Crippen LogP contribution in [0, 0.1) is 6.92 Å². The first-order valence-electron chi connectivity index (χ1n) is 8.93. The fraction of sp³-hybridized carbons (Fsp3) is 0.238. The average Bonchev–Trinajstić information content (AvgIpc) is 3.32. The lowest BCUT2D eigenvalue weighted by molar-refractivity contribution is 0.0940. The van der Waals surface area contributed by atoms with Gasteiger partial charge in [-0.1, -0.05) is 48.5 Å². The molecule has 1 aliphatic heterocycles. The topological polar surface area (TPSA) is 61.0 Å². The molecule has 1 unspecified atom stereocenters. The van der Waals surface area contributed by atoms with Crippen LogP contribution in [0.25, 0.3) is 11.3 Å². The molecule has 5 heteroatoms. The highest BCUT2D eigenvalue weighted by molar-refractivity contribution is 5.95. The zero-order chi connectivity index (χ0) is 17.9. The molecule has 1 aliphatic rings. The van der Waals surface area contributed by atoms with Crippen molar-refractivity contribution in [1.82, 2.24) is 15.5 Å². The molecule has 132 valence electrons. The van der Waals surface area contributed by atoms with Crippen LogP contribution in [-0.4, -0.2) is 35.2 Å². The van der Waals surface area contributed by atoms with Crippen molar-refractivity contribution in [2.75, 3.05) is 18.0 Å². The number of benzene rings is 2.